The molecule has 0 saturated carbocycles. The highest BCUT2D eigenvalue weighted by Gasteiger charge is 2.14. The monoisotopic (exact) mass is 393 g/mol. The first-order valence-electron chi connectivity index (χ1n) is 8.49. The van der Waals surface area contributed by atoms with Gasteiger partial charge in [-0.05, 0) is 54.6 Å². The summed E-state index contributed by atoms with van der Waals surface area (Å²) in [6.07, 6.45) is 4.56. The highest BCUT2D eigenvalue weighted by Crippen LogP contribution is 2.29. The fourth-order valence-corrected chi connectivity index (χ4v) is 3.53. The van der Waals surface area contributed by atoms with Gasteiger partial charge in [0.15, 0.2) is 9.84 Å². The van der Waals surface area contributed by atoms with Gasteiger partial charge in [-0.25, -0.2) is 17.5 Å². The molecule has 0 saturated heterocycles. The number of pyridine rings is 1. The van der Waals surface area contributed by atoms with E-state index in [0.717, 1.165) is 16.8 Å². The van der Waals surface area contributed by atoms with Crippen molar-refractivity contribution in [3.63, 3.8) is 0 Å². The molecule has 4 rings (SSSR count). The van der Waals surface area contributed by atoms with Gasteiger partial charge in [0, 0.05) is 29.8 Å². The maximum absolute atomic E-state index is 13.3. The van der Waals surface area contributed by atoms with Crippen LogP contribution in [0.25, 0.3) is 28.2 Å². The fraction of sp³-hybridized carbons (Fsp3) is 0.0476. The molecule has 0 spiro atoms. The predicted molar refractivity (Wildman–Crippen MR) is 105 cm³/mol. The molecule has 140 valence electrons. The smallest absolute Gasteiger partial charge is 0.175 e. The van der Waals surface area contributed by atoms with Crippen molar-refractivity contribution in [2.24, 2.45) is 0 Å². The Morgan fingerprint density at radius 3 is 2.11 bits per heavy atom. The van der Waals surface area contributed by atoms with E-state index < -0.39 is 9.84 Å². The van der Waals surface area contributed by atoms with Crippen molar-refractivity contribution < 1.29 is 12.8 Å². The molecule has 0 unspecified atom stereocenters. The van der Waals surface area contributed by atoms with Crippen molar-refractivity contribution in [1.82, 2.24) is 14.8 Å². The van der Waals surface area contributed by atoms with Crippen LogP contribution in [-0.4, -0.2) is 29.4 Å². The third-order valence-corrected chi connectivity index (χ3v) is 5.46. The standard InChI is InChI=1S/C21H16FN3O2S/c1-28(26,27)19-8-2-15(3-9-19)20-14-21(16-10-12-23-13-11-16)25(24-20)18-6-4-17(22)5-7-18/h2-14H,1H3. The van der Waals surface area contributed by atoms with Crippen LogP contribution in [0, 0.1) is 5.82 Å². The number of hydrogen-bond donors (Lipinski definition) is 0. The summed E-state index contributed by atoms with van der Waals surface area (Å²) < 4.78 is 38.4. The lowest BCUT2D eigenvalue weighted by Crippen LogP contribution is -1.99. The first-order chi connectivity index (χ1) is 13.4. The van der Waals surface area contributed by atoms with Crippen LogP contribution in [0.3, 0.4) is 0 Å². The van der Waals surface area contributed by atoms with Crippen LogP contribution in [0.4, 0.5) is 4.39 Å². The SMILES string of the molecule is CS(=O)(=O)c1ccc(-c2cc(-c3ccncc3)n(-c3ccc(F)cc3)n2)cc1. The summed E-state index contributed by atoms with van der Waals surface area (Å²) >= 11 is 0. The van der Waals surface area contributed by atoms with E-state index in [1.165, 1.54) is 18.4 Å². The van der Waals surface area contributed by atoms with E-state index in [4.69, 9.17) is 0 Å². The molecule has 0 aliphatic carbocycles. The summed E-state index contributed by atoms with van der Waals surface area (Å²) in [6.45, 7) is 0. The second-order valence-electron chi connectivity index (χ2n) is 6.34. The van der Waals surface area contributed by atoms with E-state index in [1.807, 2.05) is 18.2 Å². The Hall–Kier alpha value is -3.32. The molecule has 4 aromatic rings. The lowest BCUT2D eigenvalue weighted by atomic mass is 10.1. The van der Waals surface area contributed by atoms with E-state index in [9.17, 15) is 12.8 Å². The van der Waals surface area contributed by atoms with Gasteiger partial charge in [0.05, 0.1) is 22.0 Å². The summed E-state index contributed by atoms with van der Waals surface area (Å²) in [5.74, 6) is -0.321. The van der Waals surface area contributed by atoms with Gasteiger partial charge in [-0.1, -0.05) is 12.1 Å². The maximum atomic E-state index is 13.3. The van der Waals surface area contributed by atoms with Gasteiger partial charge in [-0.15, -0.1) is 0 Å². The molecule has 0 N–H and O–H groups in total. The summed E-state index contributed by atoms with van der Waals surface area (Å²) in [5, 5.41) is 4.67. The predicted octanol–water partition coefficient (Wildman–Crippen LogP) is 4.14. The van der Waals surface area contributed by atoms with Crippen molar-refractivity contribution in [2.75, 3.05) is 6.26 Å². The van der Waals surface area contributed by atoms with E-state index in [1.54, 1.807) is 53.5 Å². The normalized spacial score (nSPS) is 11.5. The molecule has 0 radical (unpaired) electrons. The van der Waals surface area contributed by atoms with Gasteiger partial charge in [-0.2, -0.15) is 5.10 Å². The Balaban J connectivity index is 1.85. The lowest BCUT2D eigenvalue weighted by Gasteiger charge is -2.07. The van der Waals surface area contributed by atoms with Crippen molar-refractivity contribution in [2.45, 2.75) is 4.90 Å². The molecule has 28 heavy (non-hydrogen) atoms. The molecule has 0 amide bonds. The molecule has 0 atom stereocenters. The van der Waals surface area contributed by atoms with Gasteiger partial charge in [0.1, 0.15) is 5.82 Å². The summed E-state index contributed by atoms with van der Waals surface area (Å²) in [4.78, 5) is 4.30. The van der Waals surface area contributed by atoms with Crippen LogP contribution in [0.15, 0.2) is 84.0 Å². The molecule has 0 fully saturated rings. The van der Waals surface area contributed by atoms with Crippen LogP contribution >= 0.6 is 0 Å². The lowest BCUT2D eigenvalue weighted by molar-refractivity contribution is 0.602. The van der Waals surface area contributed by atoms with Crippen molar-refractivity contribution in [3.8, 4) is 28.2 Å². The number of hydrogen-bond acceptors (Lipinski definition) is 4. The molecule has 2 aromatic carbocycles. The minimum atomic E-state index is -3.26. The average molecular weight is 393 g/mol. The largest absolute Gasteiger partial charge is 0.265 e. The van der Waals surface area contributed by atoms with Gasteiger partial charge in [-0.3, -0.25) is 4.98 Å². The molecule has 7 heteroatoms. The van der Waals surface area contributed by atoms with Crippen LogP contribution in [0.1, 0.15) is 0 Å². The average Bonchev–Trinajstić information content (AvgIpc) is 3.14. The number of benzene rings is 2. The van der Waals surface area contributed by atoms with E-state index >= 15 is 0 Å². The van der Waals surface area contributed by atoms with Crippen molar-refractivity contribution in [3.05, 3.63) is 84.9 Å². The molecular weight excluding hydrogens is 377 g/mol. The second kappa shape index (κ2) is 7.01. The topological polar surface area (TPSA) is 64.8 Å². The highest BCUT2D eigenvalue weighted by molar-refractivity contribution is 7.90. The molecule has 0 aliphatic heterocycles. The zero-order valence-electron chi connectivity index (χ0n) is 14.9. The Bertz CT molecular complexity index is 1220. The Morgan fingerprint density at radius 1 is 0.857 bits per heavy atom. The molecule has 2 heterocycles. The number of sulfone groups is 1. The quantitative estimate of drug-likeness (QED) is 0.523. The summed E-state index contributed by atoms with van der Waals surface area (Å²) in [7, 11) is -3.26. The maximum Gasteiger partial charge on any atom is 0.175 e. The Kier molecular flexibility index (Phi) is 4.52. The van der Waals surface area contributed by atoms with Crippen molar-refractivity contribution in [1.29, 1.82) is 0 Å². The van der Waals surface area contributed by atoms with Crippen LogP contribution in [-0.2, 0) is 9.84 Å². The first-order valence-corrected chi connectivity index (χ1v) is 10.4. The first kappa shape index (κ1) is 18.1. The summed E-state index contributed by atoms with van der Waals surface area (Å²) in [5.41, 5.74) is 3.90. The number of aromatic nitrogens is 3. The molecular formula is C21H16FN3O2S. The zero-order valence-corrected chi connectivity index (χ0v) is 15.8. The minimum absolute atomic E-state index is 0.253. The van der Waals surface area contributed by atoms with Gasteiger partial charge in [0.2, 0.25) is 0 Å². The third-order valence-electron chi connectivity index (χ3n) is 4.33. The number of rotatable bonds is 4. The van der Waals surface area contributed by atoms with Crippen LogP contribution in [0.2, 0.25) is 0 Å². The van der Waals surface area contributed by atoms with E-state index in [2.05, 4.69) is 10.1 Å². The number of halogens is 1. The van der Waals surface area contributed by atoms with E-state index in [-0.39, 0.29) is 10.7 Å². The molecule has 5 nitrogen and oxygen atoms in total. The third kappa shape index (κ3) is 3.57. The highest BCUT2D eigenvalue weighted by atomic mass is 32.2. The van der Waals surface area contributed by atoms with Gasteiger partial charge < -0.3 is 0 Å². The minimum Gasteiger partial charge on any atom is -0.265 e. The second-order valence-corrected chi connectivity index (χ2v) is 8.35. The van der Waals surface area contributed by atoms with Crippen molar-refractivity contribution >= 4 is 9.84 Å². The Labute approximate surface area is 162 Å². The summed E-state index contributed by atoms with van der Waals surface area (Å²) in [6, 6.07) is 18.3. The molecule has 0 aliphatic rings. The fourth-order valence-electron chi connectivity index (χ4n) is 2.90. The molecule has 2 aromatic heterocycles. The zero-order chi connectivity index (χ0) is 19.7. The van der Waals surface area contributed by atoms with Gasteiger partial charge >= 0.3 is 0 Å². The van der Waals surface area contributed by atoms with E-state index in [0.29, 0.717) is 11.4 Å². The van der Waals surface area contributed by atoms with Crippen LogP contribution in [0.5, 0.6) is 0 Å². The Morgan fingerprint density at radius 2 is 1.50 bits per heavy atom. The molecule has 0 bridgehead atoms. The number of nitrogens with zero attached hydrogens (tertiary/aromatic N) is 3. The van der Waals surface area contributed by atoms with Crippen LogP contribution < -0.4 is 0 Å². The van der Waals surface area contributed by atoms with Gasteiger partial charge in [0.25, 0.3) is 0 Å².